The van der Waals surface area contributed by atoms with Gasteiger partial charge < -0.3 is 15.2 Å². The molecule has 0 bridgehead atoms. The second-order valence-corrected chi connectivity index (χ2v) is 5.63. The van der Waals surface area contributed by atoms with Gasteiger partial charge in [-0.25, -0.2) is 0 Å². The fraction of sp³-hybridized carbons (Fsp3) is 0.588. The lowest BCUT2D eigenvalue weighted by atomic mass is 9.88. The number of rotatable bonds is 9. The zero-order valence-electron chi connectivity index (χ0n) is 13.3. The van der Waals surface area contributed by atoms with Gasteiger partial charge in [0.1, 0.15) is 12.4 Å². The lowest BCUT2D eigenvalue weighted by molar-refractivity contribution is -0.145. The first-order valence-electron chi connectivity index (χ1n) is 7.55. The number of hydrogen-bond donors (Lipinski definition) is 1. The quantitative estimate of drug-likeness (QED) is 0.711. The zero-order chi connectivity index (χ0) is 15.7. The fourth-order valence-corrected chi connectivity index (χ4v) is 2.33. The predicted molar refractivity (Wildman–Crippen MR) is 84.0 cm³/mol. The van der Waals surface area contributed by atoms with Crippen molar-refractivity contribution in [3.8, 4) is 5.75 Å². The first-order chi connectivity index (χ1) is 10.1. The van der Waals surface area contributed by atoms with Crippen LogP contribution in [0, 0.1) is 11.8 Å². The third-order valence-corrected chi connectivity index (χ3v) is 3.73. The molecule has 4 heteroatoms. The maximum absolute atomic E-state index is 11.8. The highest BCUT2D eigenvalue weighted by Gasteiger charge is 2.15. The summed E-state index contributed by atoms with van der Waals surface area (Å²) < 4.78 is 10.5. The molecule has 1 aromatic rings. The molecule has 0 heterocycles. The number of nitrogens with two attached hydrogens (primary N) is 1. The van der Waals surface area contributed by atoms with Crippen LogP contribution in [0.3, 0.4) is 0 Å². The van der Waals surface area contributed by atoms with Crippen LogP contribution in [0.1, 0.15) is 38.7 Å². The van der Waals surface area contributed by atoms with Gasteiger partial charge in [-0.2, -0.15) is 0 Å². The van der Waals surface area contributed by atoms with Crippen LogP contribution >= 0.6 is 0 Å². The third kappa shape index (κ3) is 6.63. The average molecular weight is 293 g/mol. The molecule has 0 aromatic heterocycles. The molecule has 1 unspecified atom stereocenters. The average Bonchev–Trinajstić information content (AvgIpc) is 2.49. The second-order valence-electron chi connectivity index (χ2n) is 5.63. The van der Waals surface area contributed by atoms with Crippen LogP contribution in [0.4, 0.5) is 0 Å². The number of esters is 1. The van der Waals surface area contributed by atoms with E-state index in [4.69, 9.17) is 15.2 Å². The summed E-state index contributed by atoms with van der Waals surface area (Å²) in [5, 5.41) is 0. The molecule has 0 saturated heterocycles. The maximum Gasteiger partial charge on any atom is 0.306 e. The van der Waals surface area contributed by atoms with Gasteiger partial charge in [0, 0.05) is 6.42 Å². The van der Waals surface area contributed by atoms with E-state index in [1.165, 1.54) is 0 Å². The van der Waals surface area contributed by atoms with E-state index >= 15 is 0 Å². The summed E-state index contributed by atoms with van der Waals surface area (Å²) in [5.41, 5.74) is 6.54. The molecule has 2 N–H and O–H groups in total. The van der Waals surface area contributed by atoms with E-state index in [1.807, 2.05) is 24.3 Å². The smallest absolute Gasteiger partial charge is 0.306 e. The topological polar surface area (TPSA) is 61.5 Å². The Morgan fingerprint density at radius 2 is 2.05 bits per heavy atom. The monoisotopic (exact) mass is 293 g/mol. The van der Waals surface area contributed by atoms with Gasteiger partial charge in [-0.15, -0.1) is 0 Å². The molecule has 118 valence electrons. The molecule has 1 aromatic carbocycles. The molecule has 0 aliphatic rings. The number of ether oxygens (including phenoxy) is 2. The van der Waals surface area contributed by atoms with Crippen molar-refractivity contribution in [2.45, 2.75) is 39.7 Å². The van der Waals surface area contributed by atoms with Gasteiger partial charge in [0.05, 0.1) is 7.11 Å². The van der Waals surface area contributed by atoms with Gasteiger partial charge in [0.2, 0.25) is 0 Å². The van der Waals surface area contributed by atoms with E-state index in [9.17, 15) is 4.79 Å². The van der Waals surface area contributed by atoms with Gasteiger partial charge in [0.25, 0.3) is 0 Å². The van der Waals surface area contributed by atoms with Gasteiger partial charge in [-0.3, -0.25) is 4.79 Å². The number of hydrogen-bond acceptors (Lipinski definition) is 4. The molecule has 0 spiro atoms. The van der Waals surface area contributed by atoms with Crippen LogP contribution < -0.4 is 10.5 Å². The Hall–Kier alpha value is -1.55. The summed E-state index contributed by atoms with van der Waals surface area (Å²) in [6, 6.07) is 7.54. The molecular formula is C17H27NO3. The Morgan fingerprint density at radius 3 is 2.67 bits per heavy atom. The van der Waals surface area contributed by atoms with Crippen molar-refractivity contribution in [2.75, 3.05) is 13.7 Å². The molecule has 1 rings (SSSR count). The summed E-state index contributed by atoms with van der Waals surface area (Å²) in [6.07, 6.45) is 2.25. The molecule has 1 atom stereocenters. The molecule has 0 fully saturated rings. The second kappa shape index (κ2) is 9.40. The number of carbonyl (C=O) groups excluding carboxylic acids is 1. The highest BCUT2D eigenvalue weighted by Crippen LogP contribution is 2.21. The van der Waals surface area contributed by atoms with Crippen LogP contribution in [-0.4, -0.2) is 19.6 Å². The largest absolute Gasteiger partial charge is 0.497 e. The Kier molecular flexibility index (Phi) is 7.83. The zero-order valence-corrected chi connectivity index (χ0v) is 13.3. The lowest BCUT2D eigenvalue weighted by Crippen LogP contribution is -2.16. The van der Waals surface area contributed by atoms with Crippen molar-refractivity contribution in [2.24, 2.45) is 17.6 Å². The van der Waals surface area contributed by atoms with Crippen molar-refractivity contribution in [1.29, 1.82) is 0 Å². The highest BCUT2D eigenvalue weighted by molar-refractivity contribution is 5.69. The number of benzene rings is 1. The van der Waals surface area contributed by atoms with Gasteiger partial charge in [-0.05, 0) is 48.9 Å². The molecular weight excluding hydrogens is 266 g/mol. The molecule has 0 radical (unpaired) electrons. The van der Waals surface area contributed by atoms with Gasteiger partial charge in [0.15, 0.2) is 0 Å². The summed E-state index contributed by atoms with van der Waals surface area (Å²) in [4.78, 5) is 11.8. The van der Waals surface area contributed by atoms with Crippen molar-refractivity contribution in [3.05, 3.63) is 29.8 Å². The Balaban J connectivity index is 2.36. The van der Waals surface area contributed by atoms with Crippen LogP contribution in [0.2, 0.25) is 0 Å². The maximum atomic E-state index is 11.8. The molecule has 0 aliphatic heterocycles. The Morgan fingerprint density at radius 1 is 1.29 bits per heavy atom. The summed E-state index contributed by atoms with van der Waals surface area (Å²) >= 11 is 0. The minimum atomic E-state index is -0.152. The first kappa shape index (κ1) is 17.5. The fourth-order valence-electron chi connectivity index (χ4n) is 2.33. The number of methoxy groups -OCH3 is 1. The first-order valence-corrected chi connectivity index (χ1v) is 7.55. The molecule has 4 nitrogen and oxygen atoms in total. The summed E-state index contributed by atoms with van der Waals surface area (Å²) in [5.74, 6) is 1.64. The SMILES string of the molecule is COc1cccc(COC(=O)CCC(CCN)C(C)C)c1. The molecule has 0 amide bonds. The van der Waals surface area contributed by atoms with Crippen LogP contribution in [0.5, 0.6) is 5.75 Å². The molecule has 0 saturated carbocycles. The van der Waals surface area contributed by atoms with Crippen LogP contribution in [-0.2, 0) is 16.1 Å². The van der Waals surface area contributed by atoms with E-state index in [0.29, 0.717) is 31.4 Å². The highest BCUT2D eigenvalue weighted by atomic mass is 16.5. The third-order valence-electron chi connectivity index (χ3n) is 3.73. The minimum absolute atomic E-state index is 0.152. The Bertz CT molecular complexity index is 432. The predicted octanol–water partition coefficient (Wildman–Crippen LogP) is 3.14. The molecule has 0 aliphatic carbocycles. The lowest BCUT2D eigenvalue weighted by Gasteiger charge is -2.19. The van der Waals surface area contributed by atoms with E-state index in [2.05, 4.69) is 13.8 Å². The number of carbonyl (C=O) groups is 1. The molecule has 21 heavy (non-hydrogen) atoms. The standard InChI is InChI=1S/C17H27NO3/c1-13(2)15(9-10-18)7-8-17(19)21-12-14-5-4-6-16(11-14)20-3/h4-6,11,13,15H,7-10,12,18H2,1-3H3. The van der Waals surface area contributed by atoms with Crippen LogP contribution in [0.15, 0.2) is 24.3 Å². The summed E-state index contributed by atoms with van der Waals surface area (Å²) in [6.45, 7) is 5.30. The van der Waals surface area contributed by atoms with E-state index in [-0.39, 0.29) is 5.97 Å². The van der Waals surface area contributed by atoms with E-state index < -0.39 is 0 Å². The van der Waals surface area contributed by atoms with Gasteiger partial charge in [-0.1, -0.05) is 26.0 Å². The van der Waals surface area contributed by atoms with E-state index in [1.54, 1.807) is 7.11 Å². The Labute approximate surface area is 127 Å². The van der Waals surface area contributed by atoms with Crippen molar-refractivity contribution in [3.63, 3.8) is 0 Å². The van der Waals surface area contributed by atoms with E-state index in [0.717, 1.165) is 24.2 Å². The summed E-state index contributed by atoms with van der Waals surface area (Å²) in [7, 11) is 1.62. The van der Waals surface area contributed by atoms with Gasteiger partial charge >= 0.3 is 5.97 Å². The van der Waals surface area contributed by atoms with Crippen molar-refractivity contribution >= 4 is 5.97 Å². The van der Waals surface area contributed by atoms with Crippen LogP contribution in [0.25, 0.3) is 0 Å². The minimum Gasteiger partial charge on any atom is -0.497 e. The van der Waals surface area contributed by atoms with Crippen molar-refractivity contribution < 1.29 is 14.3 Å². The normalized spacial score (nSPS) is 12.2. The van der Waals surface area contributed by atoms with Crippen molar-refractivity contribution in [1.82, 2.24) is 0 Å².